The first kappa shape index (κ1) is 30.9. The number of nitrogens with one attached hydrogen (secondary N) is 3. The summed E-state index contributed by atoms with van der Waals surface area (Å²) in [5.74, 6) is -0.969. The molecule has 34 heavy (non-hydrogen) atoms. The van der Waals surface area contributed by atoms with Crippen LogP contribution in [-0.2, 0) is 0 Å². The molecule has 2 heterocycles. The van der Waals surface area contributed by atoms with Crippen molar-refractivity contribution >= 4 is 53.1 Å². The fourth-order valence-corrected chi connectivity index (χ4v) is 3.76. The SMILES string of the molecule is Cc1ccc2c(=O)n(-c3ccc(N4CCNCC4)cc3)cc(C(=O)NC(=N)N)c2c1.Cl.Cl.O.O. The van der Waals surface area contributed by atoms with E-state index in [1.165, 1.54) is 10.8 Å². The molecule has 2 aromatic carbocycles. The molecule has 186 valence electrons. The maximum absolute atomic E-state index is 13.2. The maximum Gasteiger partial charge on any atom is 0.262 e. The van der Waals surface area contributed by atoms with Crippen LogP contribution < -0.4 is 26.8 Å². The summed E-state index contributed by atoms with van der Waals surface area (Å²) >= 11 is 0. The summed E-state index contributed by atoms with van der Waals surface area (Å²) in [7, 11) is 0. The molecule has 1 aliphatic rings. The van der Waals surface area contributed by atoms with E-state index in [9.17, 15) is 9.59 Å². The molecule has 1 amide bonds. The summed E-state index contributed by atoms with van der Waals surface area (Å²) in [5.41, 5.74) is 8.11. The molecule has 0 spiro atoms. The van der Waals surface area contributed by atoms with Gasteiger partial charge >= 0.3 is 0 Å². The number of fused-ring (bicyclic) bond motifs is 1. The van der Waals surface area contributed by atoms with E-state index >= 15 is 0 Å². The lowest BCUT2D eigenvalue weighted by molar-refractivity contribution is 0.0977. The van der Waals surface area contributed by atoms with Crippen molar-refractivity contribution in [3.63, 3.8) is 0 Å². The van der Waals surface area contributed by atoms with Gasteiger partial charge < -0.3 is 26.9 Å². The molecular weight excluding hydrogens is 483 g/mol. The zero-order valence-electron chi connectivity index (χ0n) is 18.6. The maximum atomic E-state index is 13.2. The lowest BCUT2D eigenvalue weighted by Crippen LogP contribution is -2.43. The van der Waals surface area contributed by atoms with Crippen LogP contribution in [-0.4, -0.2) is 53.6 Å². The second-order valence-corrected chi connectivity index (χ2v) is 7.39. The highest BCUT2D eigenvalue weighted by Gasteiger charge is 2.17. The normalized spacial score (nSPS) is 12.3. The van der Waals surface area contributed by atoms with Gasteiger partial charge in [0.2, 0.25) is 0 Å². The molecule has 10 nitrogen and oxygen atoms in total. The first-order chi connectivity index (χ1) is 14.4. The summed E-state index contributed by atoms with van der Waals surface area (Å²) in [6.45, 7) is 5.65. The lowest BCUT2D eigenvalue weighted by atomic mass is 10.0. The molecule has 0 saturated carbocycles. The molecule has 0 radical (unpaired) electrons. The Morgan fingerprint density at radius 2 is 1.59 bits per heavy atom. The van der Waals surface area contributed by atoms with Gasteiger partial charge in [0.15, 0.2) is 5.96 Å². The molecule has 3 aromatic rings. The van der Waals surface area contributed by atoms with Gasteiger partial charge in [-0.1, -0.05) is 17.7 Å². The summed E-state index contributed by atoms with van der Waals surface area (Å²) in [4.78, 5) is 28.1. The molecule has 0 bridgehead atoms. The van der Waals surface area contributed by atoms with Crippen LogP contribution in [0.25, 0.3) is 16.5 Å². The van der Waals surface area contributed by atoms with Gasteiger partial charge in [-0.15, -0.1) is 24.8 Å². The third-order valence-corrected chi connectivity index (χ3v) is 5.28. The number of halogens is 2. The Morgan fingerprint density at radius 1 is 1.00 bits per heavy atom. The Hall–Kier alpha value is -3.15. The van der Waals surface area contributed by atoms with Gasteiger partial charge in [0.05, 0.1) is 5.56 Å². The first-order valence-corrected chi connectivity index (χ1v) is 9.81. The van der Waals surface area contributed by atoms with Gasteiger partial charge in [0.1, 0.15) is 0 Å². The first-order valence-electron chi connectivity index (χ1n) is 9.81. The average molecular weight is 513 g/mol. The van der Waals surface area contributed by atoms with Crippen molar-refractivity contribution in [3.05, 3.63) is 70.1 Å². The second-order valence-electron chi connectivity index (χ2n) is 7.39. The van der Waals surface area contributed by atoms with Crippen LogP contribution in [0.5, 0.6) is 0 Å². The van der Waals surface area contributed by atoms with Crippen molar-refractivity contribution in [2.75, 3.05) is 31.1 Å². The highest BCUT2D eigenvalue weighted by atomic mass is 35.5. The zero-order chi connectivity index (χ0) is 21.3. The summed E-state index contributed by atoms with van der Waals surface area (Å²) < 4.78 is 1.47. The van der Waals surface area contributed by atoms with E-state index in [2.05, 4.69) is 15.5 Å². The molecule has 1 aromatic heterocycles. The standard InChI is InChI=1S/C22H24N6O2.2ClH.2H2O/c1-14-2-7-17-18(12-14)19(20(29)26-22(23)24)13-28(21(17)30)16-5-3-15(4-6-16)27-10-8-25-9-11-27;;;;/h2-7,12-13,25H,8-11H2,1H3,(H4,23,24,26,29);2*1H;2*1H2. The third-order valence-electron chi connectivity index (χ3n) is 5.28. The largest absolute Gasteiger partial charge is 0.412 e. The van der Waals surface area contributed by atoms with E-state index in [-0.39, 0.29) is 46.9 Å². The van der Waals surface area contributed by atoms with Gasteiger partial charge in [0, 0.05) is 54.5 Å². The quantitative estimate of drug-likeness (QED) is 0.294. The fourth-order valence-electron chi connectivity index (χ4n) is 3.76. The number of piperazine rings is 1. The van der Waals surface area contributed by atoms with Crippen LogP contribution in [0.2, 0.25) is 0 Å². The number of pyridine rings is 1. The van der Waals surface area contributed by atoms with Gasteiger partial charge in [-0.2, -0.15) is 0 Å². The number of carbonyl (C=O) groups is 1. The molecule has 0 unspecified atom stereocenters. The number of benzene rings is 2. The number of nitrogens with two attached hydrogens (primary N) is 1. The fraction of sp³-hybridized carbons (Fsp3) is 0.227. The Bertz CT molecular complexity index is 1190. The highest BCUT2D eigenvalue weighted by Crippen LogP contribution is 2.21. The number of guanidine groups is 1. The van der Waals surface area contributed by atoms with Crippen LogP contribution in [0.15, 0.2) is 53.5 Å². The number of anilines is 1. The number of carbonyl (C=O) groups excluding carboxylic acids is 1. The average Bonchev–Trinajstić information content (AvgIpc) is 2.74. The van der Waals surface area contributed by atoms with Crippen molar-refractivity contribution in [2.24, 2.45) is 5.73 Å². The van der Waals surface area contributed by atoms with E-state index in [4.69, 9.17) is 11.1 Å². The number of nitrogens with zero attached hydrogens (tertiary/aromatic N) is 2. The number of aromatic nitrogens is 1. The van der Waals surface area contributed by atoms with E-state index in [0.29, 0.717) is 16.5 Å². The minimum absolute atomic E-state index is 0. The molecule has 1 saturated heterocycles. The Morgan fingerprint density at radius 3 is 2.18 bits per heavy atom. The van der Waals surface area contributed by atoms with Crippen LogP contribution in [0.3, 0.4) is 0 Å². The smallest absolute Gasteiger partial charge is 0.262 e. The summed E-state index contributed by atoms with van der Waals surface area (Å²) in [6.07, 6.45) is 1.52. The summed E-state index contributed by atoms with van der Waals surface area (Å²) in [6, 6.07) is 13.1. The van der Waals surface area contributed by atoms with Crippen LogP contribution in [0.1, 0.15) is 15.9 Å². The zero-order valence-corrected chi connectivity index (χ0v) is 20.2. The predicted octanol–water partition coefficient (Wildman–Crippen LogP) is 0.526. The van der Waals surface area contributed by atoms with E-state index in [1.54, 1.807) is 12.1 Å². The molecule has 4 rings (SSSR count). The van der Waals surface area contributed by atoms with Crippen molar-refractivity contribution in [3.8, 4) is 5.69 Å². The molecule has 1 fully saturated rings. The molecule has 0 aliphatic carbocycles. The van der Waals surface area contributed by atoms with Gasteiger partial charge in [0.25, 0.3) is 11.5 Å². The molecule has 9 N–H and O–H groups in total. The van der Waals surface area contributed by atoms with Crippen LogP contribution in [0, 0.1) is 12.3 Å². The van der Waals surface area contributed by atoms with Crippen LogP contribution in [0.4, 0.5) is 5.69 Å². The number of hydrogen-bond donors (Lipinski definition) is 4. The number of rotatable bonds is 3. The third kappa shape index (κ3) is 6.25. The van der Waals surface area contributed by atoms with Crippen molar-refractivity contribution in [1.29, 1.82) is 5.41 Å². The van der Waals surface area contributed by atoms with Crippen molar-refractivity contribution < 1.29 is 15.7 Å². The molecule has 12 heteroatoms. The Balaban J connectivity index is 0.00000272. The highest BCUT2D eigenvalue weighted by molar-refractivity contribution is 6.12. The minimum Gasteiger partial charge on any atom is -0.412 e. The van der Waals surface area contributed by atoms with Gasteiger partial charge in [-0.05, 0) is 37.3 Å². The molecule has 0 atom stereocenters. The predicted molar refractivity (Wildman–Crippen MR) is 140 cm³/mol. The van der Waals surface area contributed by atoms with Gasteiger partial charge in [-0.3, -0.25) is 24.9 Å². The van der Waals surface area contributed by atoms with Crippen LogP contribution >= 0.6 is 24.8 Å². The van der Waals surface area contributed by atoms with Crippen molar-refractivity contribution in [1.82, 2.24) is 15.2 Å². The van der Waals surface area contributed by atoms with E-state index in [1.807, 2.05) is 37.3 Å². The minimum atomic E-state index is -0.524. The number of aryl methyl sites for hydroxylation is 1. The number of amides is 1. The summed E-state index contributed by atoms with van der Waals surface area (Å²) in [5, 5.41) is 14.0. The van der Waals surface area contributed by atoms with Gasteiger partial charge in [-0.25, -0.2) is 0 Å². The monoisotopic (exact) mass is 512 g/mol. The van der Waals surface area contributed by atoms with E-state index in [0.717, 1.165) is 37.4 Å². The Kier molecular flexibility index (Phi) is 11.7. The van der Waals surface area contributed by atoms with E-state index < -0.39 is 11.9 Å². The second kappa shape index (κ2) is 12.9. The van der Waals surface area contributed by atoms with Crippen molar-refractivity contribution in [2.45, 2.75) is 6.92 Å². The topological polar surface area (TPSA) is 179 Å². The Labute approximate surface area is 209 Å². The molecule has 1 aliphatic heterocycles. The number of hydrogen-bond acceptors (Lipinski definition) is 5. The lowest BCUT2D eigenvalue weighted by Gasteiger charge is -2.29. The molecular formula is C22H30Cl2N6O4.